The van der Waals surface area contributed by atoms with Crippen LogP contribution in [-0.2, 0) is 23.1 Å². The van der Waals surface area contributed by atoms with Crippen LogP contribution in [0.2, 0.25) is 5.02 Å². The lowest BCUT2D eigenvalue weighted by Gasteiger charge is -2.23. The molecular formula is C25H27ClN2O5S. The standard InChI is InChI=1S/C25H27ClN2O5S/c1-27(16-19-7-14-23(32-2)24(15-19)33-3)25(29)20-8-12-22(13-9-20)28(34(4,30)31)17-18-5-10-21(26)11-6-18/h5-15H,16-17H2,1-4H3. The molecule has 7 nitrogen and oxygen atoms in total. The maximum atomic E-state index is 13.0. The molecule has 0 aliphatic carbocycles. The average Bonchev–Trinajstić information content (AvgIpc) is 2.82. The summed E-state index contributed by atoms with van der Waals surface area (Å²) >= 11 is 5.93. The SMILES string of the molecule is COc1ccc(CN(C)C(=O)c2ccc(N(Cc3ccc(Cl)cc3)S(C)(=O)=O)cc2)cc1OC. The van der Waals surface area contributed by atoms with E-state index in [4.69, 9.17) is 21.1 Å². The van der Waals surface area contributed by atoms with Crippen molar-refractivity contribution in [3.63, 3.8) is 0 Å². The lowest BCUT2D eigenvalue weighted by molar-refractivity contribution is 0.0785. The molecule has 1 amide bonds. The van der Waals surface area contributed by atoms with Crippen molar-refractivity contribution in [3.8, 4) is 11.5 Å². The van der Waals surface area contributed by atoms with Crippen molar-refractivity contribution in [3.05, 3.63) is 88.4 Å². The largest absolute Gasteiger partial charge is 0.493 e. The number of rotatable bonds is 9. The average molecular weight is 503 g/mol. The van der Waals surface area contributed by atoms with E-state index in [0.717, 1.165) is 17.4 Å². The van der Waals surface area contributed by atoms with Crippen LogP contribution in [0.1, 0.15) is 21.5 Å². The van der Waals surface area contributed by atoms with Gasteiger partial charge in [0, 0.05) is 24.2 Å². The van der Waals surface area contributed by atoms with Crippen molar-refractivity contribution >= 4 is 33.2 Å². The molecule has 0 bridgehead atoms. The van der Waals surface area contributed by atoms with Crippen LogP contribution in [-0.4, -0.2) is 46.7 Å². The minimum atomic E-state index is -3.55. The molecule has 34 heavy (non-hydrogen) atoms. The van der Waals surface area contributed by atoms with E-state index >= 15 is 0 Å². The lowest BCUT2D eigenvalue weighted by atomic mass is 10.1. The number of nitrogens with zero attached hydrogens (tertiary/aromatic N) is 2. The Bertz CT molecular complexity index is 1250. The Labute approximate surface area is 205 Å². The van der Waals surface area contributed by atoms with Crippen molar-refractivity contribution in [1.29, 1.82) is 0 Å². The summed E-state index contributed by atoms with van der Waals surface area (Å²) in [5.41, 5.74) is 2.60. The number of hydrogen-bond acceptors (Lipinski definition) is 5. The highest BCUT2D eigenvalue weighted by Crippen LogP contribution is 2.28. The van der Waals surface area contributed by atoms with Gasteiger partial charge >= 0.3 is 0 Å². The Morgan fingerprint density at radius 1 is 0.853 bits per heavy atom. The van der Waals surface area contributed by atoms with E-state index in [1.54, 1.807) is 80.8 Å². The van der Waals surface area contributed by atoms with Gasteiger partial charge in [-0.25, -0.2) is 8.42 Å². The van der Waals surface area contributed by atoms with Gasteiger partial charge in [0.2, 0.25) is 10.0 Å². The second kappa shape index (κ2) is 10.8. The molecule has 3 aromatic rings. The Hall–Kier alpha value is -3.23. The normalized spacial score (nSPS) is 11.1. The molecule has 0 radical (unpaired) electrons. The third-order valence-electron chi connectivity index (χ3n) is 5.26. The van der Waals surface area contributed by atoms with Gasteiger partial charge in [-0.1, -0.05) is 29.8 Å². The van der Waals surface area contributed by atoms with Crippen molar-refractivity contribution < 1.29 is 22.7 Å². The number of halogens is 1. The highest BCUT2D eigenvalue weighted by Gasteiger charge is 2.19. The molecule has 0 N–H and O–H groups in total. The first kappa shape index (κ1) is 25.4. The second-order valence-corrected chi connectivity index (χ2v) is 10.1. The van der Waals surface area contributed by atoms with Gasteiger partial charge in [-0.05, 0) is 59.7 Å². The van der Waals surface area contributed by atoms with Gasteiger partial charge in [0.1, 0.15) is 0 Å². The summed E-state index contributed by atoms with van der Waals surface area (Å²) in [4.78, 5) is 14.5. The molecule has 180 valence electrons. The first-order valence-electron chi connectivity index (χ1n) is 10.4. The van der Waals surface area contributed by atoms with E-state index in [2.05, 4.69) is 0 Å². The number of carbonyl (C=O) groups is 1. The minimum absolute atomic E-state index is 0.155. The minimum Gasteiger partial charge on any atom is -0.493 e. The summed E-state index contributed by atoms with van der Waals surface area (Å²) < 4.78 is 36.7. The first-order chi connectivity index (χ1) is 16.1. The van der Waals surface area contributed by atoms with Crippen molar-refractivity contribution in [1.82, 2.24) is 4.90 Å². The number of methoxy groups -OCH3 is 2. The number of hydrogen-bond donors (Lipinski definition) is 0. The molecule has 3 aromatic carbocycles. The predicted molar refractivity (Wildman–Crippen MR) is 134 cm³/mol. The number of sulfonamides is 1. The van der Waals surface area contributed by atoms with Crippen LogP contribution in [0.15, 0.2) is 66.7 Å². The van der Waals surface area contributed by atoms with E-state index in [9.17, 15) is 13.2 Å². The van der Waals surface area contributed by atoms with Gasteiger partial charge in [-0.3, -0.25) is 9.10 Å². The molecule has 0 fully saturated rings. The van der Waals surface area contributed by atoms with Crippen molar-refractivity contribution in [2.45, 2.75) is 13.1 Å². The fraction of sp³-hybridized carbons (Fsp3) is 0.240. The van der Waals surface area contributed by atoms with Gasteiger partial charge in [-0.2, -0.15) is 0 Å². The summed E-state index contributed by atoms with van der Waals surface area (Å²) in [5.74, 6) is 1.02. The number of ether oxygens (including phenoxy) is 2. The number of benzene rings is 3. The zero-order chi connectivity index (χ0) is 24.9. The molecule has 0 aliphatic rings. The molecule has 9 heteroatoms. The number of amides is 1. The third kappa shape index (κ3) is 6.21. The monoisotopic (exact) mass is 502 g/mol. The summed E-state index contributed by atoms with van der Waals surface area (Å²) in [6.07, 6.45) is 1.15. The second-order valence-electron chi connectivity index (χ2n) is 7.79. The molecule has 0 aromatic heterocycles. The molecule has 0 unspecified atom stereocenters. The summed E-state index contributed by atoms with van der Waals surface area (Å²) in [6.45, 7) is 0.523. The van der Waals surface area contributed by atoms with Crippen LogP contribution in [0.25, 0.3) is 0 Å². The summed E-state index contributed by atoms with van der Waals surface area (Å²) in [5, 5.41) is 0.578. The van der Waals surface area contributed by atoms with E-state index in [1.165, 1.54) is 4.31 Å². The van der Waals surface area contributed by atoms with Crippen LogP contribution in [0.3, 0.4) is 0 Å². The zero-order valence-electron chi connectivity index (χ0n) is 19.5. The predicted octanol–water partition coefficient (Wildman–Crippen LogP) is 4.60. The van der Waals surface area contributed by atoms with Gasteiger partial charge in [0.15, 0.2) is 11.5 Å². The Morgan fingerprint density at radius 3 is 2.00 bits per heavy atom. The van der Waals surface area contributed by atoms with E-state index in [0.29, 0.717) is 34.3 Å². The Morgan fingerprint density at radius 2 is 1.44 bits per heavy atom. The van der Waals surface area contributed by atoms with Crippen LogP contribution in [0.4, 0.5) is 5.69 Å². The van der Waals surface area contributed by atoms with Crippen molar-refractivity contribution in [2.24, 2.45) is 0 Å². The van der Waals surface area contributed by atoms with Crippen LogP contribution in [0.5, 0.6) is 11.5 Å². The van der Waals surface area contributed by atoms with Gasteiger partial charge in [-0.15, -0.1) is 0 Å². The van der Waals surface area contributed by atoms with Crippen LogP contribution in [0, 0.1) is 0 Å². The molecular weight excluding hydrogens is 476 g/mol. The molecule has 3 rings (SSSR count). The van der Waals surface area contributed by atoms with Crippen LogP contribution < -0.4 is 13.8 Å². The Kier molecular flexibility index (Phi) is 8.06. The van der Waals surface area contributed by atoms with E-state index < -0.39 is 10.0 Å². The summed E-state index contributed by atoms with van der Waals surface area (Å²) in [7, 11) is 1.29. The molecule has 0 saturated carbocycles. The maximum Gasteiger partial charge on any atom is 0.253 e. The van der Waals surface area contributed by atoms with Gasteiger partial charge in [0.05, 0.1) is 32.7 Å². The molecule has 0 saturated heterocycles. The smallest absolute Gasteiger partial charge is 0.253 e. The topological polar surface area (TPSA) is 76.2 Å². The van der Waals surface area contributed by atoms with Gasteiger partial charge < -0.3 is 14.4 Å². The first-order valence-corrected chi connectivity index (χ1v) is 12.6. The zero-order valence-corrected chi connectivity index (χ0v) is 21.1. The fourth-order valence-electron chi connectivity index (χ4n) is 3.47. The summed E-state index contributed by atoms with van der Waals surface area (Å²) in [6, 6.07) is 19.0. The van der Waals surface area contributed by atoms with Crippen molar-refractivity contribution in [2.75, 3.05) is 31.8 Å². The quantitative estimate of drug-likeness (QED) is 0.427. The number of carbonyl (C=O) groups excluding carboxylic acids is 1. The molecule has 0 aliphatic heterocycles. The van der Waals surface area contributed by atoms with E-state index in [-0.39, 0.29) is 12.5 Å². The lowest BCUT2D eigenvalue weighted by Crippen LogP contribution is -2.29. The van der Waals surface area contributed by atoms with Crippen LogP contribution >= 0.6 is 11.6 Å². The molecule has 0 atom stereocenters. The molecule has 0 spiro atoms. The van der Waals surface area contributed by atoms with Gasteiger partial charge in [0.25, 0.3) is 5.91 Å². The highest BCUT2D eigenvalue weighted by molar-refractivity contribution is 7.92. The Balaban J connectivity index is 1.76. The molecule has 0 heterocycles. The van der Waals surface area contributed by atoms with E-state index in [1.807, 2.05) is 12.1 Å². The number of anilines is 1. The maximum absolute atomic E-state index is 13.0. The third-order valence-corrected chi connectivity index (χ3v) is 6.65. The highest BCUT2D eigenvalue weighted by atomic mass is 35.5. The fourth-order valence-corrected chi connectivity index (χ4v) is 4.49.